The van der Waals surface area contributed by atoms with Crippen LogP contribution in [0.15, 0.2) is 35.9 Å². The van der Waals surface area contributed by atoms with Crippen LogP contribution in [-0.4, -0.2) is 0 Å². The van der Waals surface area contributed by atoms with Crippen LogP contribution in [-0.2, 0) is 0 Å². The molecule has 160 valence electrons. The average molecular weight is 377 g/mol. The van der Waals surface area contributed by atoms with Crippen molar-refractivity contribution in [2.75, 3.05) is 0 Å². The van der Waals surface area contributed by atoms with Crippen molar-refractivity contribution >= 4 is 0 Å². The highest BCUT2D eigenvalue weighted by atomic mass is 14.2. The van der Waals surface area contributed by atoms with Gasteiger partial charge in [-0.3, -0.25) is 0 Å². The Kier molecular flexibility index (Phi) is 19.4. The minimum atomic E-state index is 0. The predicted octanol–water partition coefficient (Wildman–Crippen LogP) is 9.80. The Balaban J connectivity index is -0.000000303. The van der Waals surface area contributed by atoms with Gasteiger partial charge in [-0.1, -0.05) is 116 Å². The van der Waals surface area contributed by atoms with Crippen molar-refractivity contribution < 1.29 is 0 Å². The van der Waals surface area contributed by atoms with Gasteiger partial charge in [-0.25, -0.2) is 0 Å². The van der Waals surface area contributed by atoms with Gasteiger partial charge in [0.25, 0.3) is 0 Å². The number of hydrogen-bond acceptors (Lipinski definition) is 0. The third-order valence-electron chi connectivity index (χ3n) is 5.42. The molecule has 0 N–H and O–H groups in total. The van der Waals surface area contributed by atoms with E-state index in [0.29, 0.717) is 0 Å². The van der Waals surface area contributed by atoms with Gasteiger partial charge in [0, 0.05) is 0 Å². The molecule has 0 saturated heterocycles. The molecule has 1 aromatic carbocycles. The van der Waals surface area contributed by atoms with Gasteiger partial charge in [-0.05, 0) is 57.8 Å². The molecule has 0 amide bonds. The molecular formula is C27H52. The standard InChI is InChI=1S/C8H16.C8H14.C8H10.3CH4/c3*1-7-3-5-8(2)6-4-7;;;/h7-8H,3-6H2,1-2H3;3,8H,4-6H2,1-2H3;3-6H,1-2H3;3*1H4. The first-order valence-corrected chi connectivity index (χ1v) is 10.1. The van der Waals surface area contributed by atoms with Gasteiger partial charge >= 0.3 is 0 Å². The van der Waals surface area contributed by atoms with Crippen LogP contribution in [0.4, 0.5) is 0 Å². The average Bonchev–Trinajstić information content (AvgIpc) is 2.57. The van der Waals surface area contributed by atoms with Crippen molar-refractivity contribution in [1.29, 1.82) is 0 Å². The van der Waals surface area contributed by atoms with Crippen LogP contribution in [0.3, 0.4) is 0 Å². The maximum absolute atomic E-state index is 2.37. The molecule has 1 atom stereocenters. The smallest absolute Gasteiger partial charge is 0.0320 e. The highest BCUT2D eigenvalue weighted by Crippen LogP contribution is 2.27. The maximum Gasteiger partial charge on any atom is -0.0320 e. The third-order valence-corrected chi connectivity index (χ3v) is 5.42. The summed E-state index contributed by atoms with van der Waals surface area (Å²) < 4.78 is 0. The zero-order chi connectivity index (χ0) is 17.9. The minimum absolute atomic E-state index is 0. The van der Waals surface area contributed by atoms with Crippen LogP contribution >= 0.6 is 0 Å². The summed E-state index contributed by atoms with van der Waals surface area (Å²) >= 11 is 0. The second kappa shape index (κ2) is 17.1. The molecule has 0 spiro atoms. The van der Waals surface area contributed by atoms with E-state index in [2.05, 4.69) is 71.9 Å². The summed E-state index contributed by atoms with van der Waals surface area (Å²) in [6.07, 6.45) is 12.3. The number of rotatable bonds is 0. The number of hydrogen-bond donors (Lipinski definition) is 0. The lowest BCUT2D eigenvalue weighted by atomic mass is 9.84. The van der Waals surface area contributed by atoms with E-state index in [1.165, 1.54) is 56.1 Å². The monoisotopic (exact) mass is 376 g/mol. The topological polar surface area (TPSA) is 0 Å². The number of aryl methyl sites for hydroxylation is 2. The van der Waals surface area contributed by atoms with E-state index in [9.17, 15) is 0 Å². The molecule has 0 heteroatoms. The Morgan fingerprint density at radius 1 is 0.593 bits per heavy atom. The zero-order valence-corrected chi connectivity index (χ0v) is 17.1. The molecule has 0 aromatic heterocycles. The van der Waals surface area contributed by atoms with Crippen LogP contribution in [0.25, 0.3) is 0 Å². The van der Waals surface area contributed by atoms with Crippen molar-refractivity contribution in [3.63, 3.8) is 0 Å². The Morgan fingerprint density at radius 3 is 1.22 bits per heavy atom. The molecule has 0 radical (unpaired) electrons. The van der Waals surface area contributed by atoms with E-state index in [1.54, 1.807) is 5.57 Å². The molecule has 3 rings (SSSR count). The van der Waals surface area contributed by atoms with Crippen molar-refractivity contribution in [1.82, 2.24) is 0 Å². The summed E-state index contributed by atoms with van der Waals surface area (Å²) in [7, 11) is 0. The summed E-state index contributed by atoms with van der Waals surface area (Å²) in [5, 5.41) is 0. The van der Waals surface area contributed by atoms with Crippen LogP contribution in [0, 0.1) is 31.6 Å². The van der Waals surface area contributed by atoms with Crippen LogP contribution in [0.5, 0.6) is 0 Å². The van der Waals surface area contributed by atoms with Gasteiger partial charge < -0.3 is 0 Å². The van der Waals surface area contributed by atoms with E-state index in [1.807, 2.05) is 0 Å². The van der Waals surface area contributed by atoms with Gasteiger partial charge in [0.05, 0.1) is 0 Å². The van der Waals surface area contributed by atoms with E-state index in [4.69, 9.17) is 0 Å². The lowest BCUT2D eigenvalue weighted by molar-refractivity contribution is 0.308. The summed E-state index contributed by atoms with van der Waals surface area (Å²) in [4.78, 5) is 0. The van der Waals surface area contributed by atoms with Crippen molar-refractivity contribution in [3.05, 3.63) is 47.0 Å². The van der Waals surface area contributed by atoms with Crippen molar-refractivity contribution in [2.45, 2.75) is 109 Å². The van der Waals surface area contributed by atoms with Crippen LogP contribution in [0.1, 0.15) is 106 Å². The third kappa shape index (κ3) is 15.7. The fourth-order valence-electron chi connectivity index (χ4n) is 3.16. The van der Waals surface area contributed by atoms with Gasteiger partial charge in [-0.15, -0.1) is 0 Å². The van der Waals surface area contributed by atoms with Gasteiger partial charge in [-0.2, -0.15) is 0 Å². The quantitative estimate of drug-likeness (QED) is 0.395. The van der Waals surface area contributed by atoms with Gasteiger partial charge in [0.15, 0.2) is 0 Å². The first kappa shape index (κ1) is 30.7. The normalized spacial score (nSPS) is 23.3. The molecule has 2 aliphatic rings. The number of benzene rings is 1. The van der Waals surface area contributed by atoms with Gasteiger partial charge in [0.2, 0.25) is 0 Å². The lowest BCUT2D eigenvalue weighted by Gasteiger charge is -2.22. The molecule has 0 nitrogen and oxygen atoms in total. The SMILES string of the molecule is C.C.C.CC1=CCC(C)CC1.CC1CCC(C)CC1.Cc1ccc(C)cc1. The molecule has 2 aliphatic carbocycles. The first-order valence-electron chi connectivity index (χ1n) is 10.1. The number of allylic oxidation sites excluding steroid dienone is 2. The fourth-order valence-corrected chi connectivity index (χ4v) is 3.16. The summed E-state index contributed by atoms with van der Waals surface area (Å²) in [5.74, 6) is 2.98. The first-order chi connectivity index (χ1) is 11.4. The molecule has 0 heterocycles. The Bertz CT molecular complexity index is 426. The molecule has 0 aliphatic heterocycles. The highest BCUT2D eigenvalue weighted by Gasteiger charge is 2.13. The Hall–Kier alpha value is -1.04. The van der Waals surface area contributed by atoms with E-state index in [0.717, 1.165) is 17.8 Å². The van der Waals surface area contributed by atoms with Crippen LogP contribution < -0.4 is 0 Å². The minimum Gasteiger partial charge on any atom is -0.0853 e. The lowest BCUT2D eigenvalue weighted by Crippen LogP contribution is -2.08. The maximum atomic E-state index is 2.37. The summed E-state index contributed by atoms with van der Waals surface area (Å²) in [6, 6.07) is 8.48. The molecule has 0 bridgehead atoms. The fraction of sp³-hybridized carbons (Fsp3) is 0.704. The second-order valence-electron chi connectivity index (χ2n) is 8.45. The summed E-state index contributed by atoms with van der Waals surface area (Å²) in [6.45, 7) is 13.5. The molecule has 27 heavy (non-hydrogen) atoms. The highest BCUT2D eigenvalue weighted by molar-refractivity contribution is 5.19. The van der Waals surface area contributed by atoms with Gasteiger partial charge in [0.1, 0.15) is 0 Å². The largest absolute Gasteiger partial charge is 0.0853 e. The second-order valence-corrected chi connectivity index (χ2v) is 8.45. The van der Waals surface area contributed by atoms with Crippen molar-refractivity contribution in [3.8, 4) is 0 Å². The van der Waals surface area contributed by atoms with Crippen LogP contribution in [0.2, 0.25) is 0 Å². The summed E-state index contributed by atoms with van der Waals surface area (Å²) in [5.41, 5.74) is 4.24. The molecule has 1 aromatic rings. The molecule has 1 fully saturated rings. The van der Waals surface area contributed by atoms with E-state index >= 15 is 0 Å². The Morgan fingerprint density at radius 2 is 0.963 bits per heavy atom. The molecule has 1 saturated carbocycles. The van der Waals surface area contributed by atoms with Crippen molar-refractivity contribution in [2.24, 2.45) is 17.8 Å². The molecule has 1 unspecified atom stereocenters. The van der Waals surface area contributed by atoms with E-state index in [-0.39, 0.29) is 22.3 Å². The Labute approximate surface area is 173 Å². The zero-order valence-electron chi connectivity index (χ0n) is 17.1. The predicted molar refractivity (Wildman–Crippen MR) is 130 cm³/mol. The molecular weight excluding hydrogens is 324 g/mol. The van der Waals surface area contributed by atoms with E-state index < -0.39 is 0 Å².